The molecule has 0 saturated heterocycles. The fraction of sp³-hybridized carbons (Fsp3) is 0. The Morgan fingerprint density at radius 3 is 1.64 bits per heavy atom. The van der Waals surface area contributed by atoms with Crippen molar-refractivity contribution < 1.29 is 4.42 Å². The van der Waals surface area contributed by atoms with Gasteiger partial charge in [-0.05, 0) is 105 Å². The first-order valence-electron chi connectivity index (χ1n) is 20.8. The molecule has 12 rings (SSSR count). The van der Waals surface area contributed by atoms with Gasteiger partial charge in [0.1, 0.15) is 11.2 Å². The maximum Gasteiger partial charge on any atom is 0.143 e. The van der Waals surface area contributed by atoms with E-state index < -0.39 is 0 Å². The van der Waals surface area contributed by atoms with Gasteiger partial charge in [0.05, 0.1) is 22.1 Å². The van der Waals surface area contributed by atoms with Crippen LogP contribution in [0.3, 0.4) is 0 Å². The number of benzene rings is 10. The predicted molar refractivity (Wildman–Crippen MR) is 257 cm³/mol. The highest BCUT2D eigenvalue weighted by Crippen LogP contribution is 2.45. The van der Waals surface area contributed by atoms with E-state index in [0.717, 1.165) is 72.2 Å². The molecule has 0 spiro atoms. The summed E-state index contributed by atoms with van der Waals surface area (Å²) in [6.45, 7) is 0. The highest BCUT2D eigenvalue weighted by atomic mass is 16.3. The van der Waals surface area contributed by atoms with Gasteiger partial charge in [-0.1, -0.05) is 164 Å². The lowest BCUT2D eigenvalue weighted by molar-refractivity contribution is 0.672. The van der Waals surface area contributed by atoms with Crippen LogP contribution in [0.25, 0.3) is 93.6 Å². The van der Waals surface area contributed by atoms with E-state index in [-0.39, 0.29) is 0 Å². The van der Waals surface area contributed by atoms with Crippen LogP contribution in [0.5, 0.6) is 0 Å². The van der Waals surface area contributed by atoms with Crippen molar-refractivity contribution in [2.24, 2.45) is 0 Å². The van der Waals surface area contributed by atoms with Gasteiger partial charge in [0.25, 0.3) is 0 Å². The zero-order valence-electron chi connectivity index (χ0n) is 33.2. The van der Waals surface area contributed by atoms with Crippen LogP contribution in [0, 0.1) is 0 Å². The first kappa shape index (κ1) is 34.9. The molecule has 0 radical (unpaired) electrons. The van der Waals surface area contributed by atoms with Gasteiger partial charge in [0, 0.05) is 38.6 Å². The van der Waals surface area contributed by atoms with Gasteiger partial charge < -0.3 is 13.9 Å². The second-order valence-corrected chi connectivity index (χ2v) is 15.7. The number of fused-ring (bicyclic) bond motifs is 8. The molecule has 0 N–H and O–H groups in total. The van der Waals surface area contributed by atoms with Crippen molar-refractivity contribution in [3.63, 3.8) is 0 Å². The van der Waals surface area contributed by atoms with E-state index in [1.807, 2.05) is 0 Å². The van der Waals surface area contributed by atoms with Crippen LogP contribution in [0.2, 0.25) is 0 Å². The second-order valence-electron chi connectivity index (χ2n) is 15.7. The van der Waals surface area contributed by atoms with E-state index in [9.17, 15) is 0 Å². The molecule has 3 nitrogen and oxygen atoms in total. The molecule has 2 aromatic heterocycles. The van der Waals surface area contributed by atoms with Crippen molar-refractivity contribution in [3.05, 3.63) is 231 Å². The molecular formula is C58H38N2O. The minimum absolute atomic E-state index is 0.861. The Balaban J connectivity index is 0.989. The summed E-state index contributed by atoms with van der Waals surface area (Å²) in [6.07, 6.45) is 0. The third kappa shape index (κ3) is 5.90. The Morgan fingerprint density at radius 1 is 0.344 bits per heavy atom. The van der Waals surface area contributed by atoms with E-state index in [2.05, 4.69) is 240 Å². The van der Waals surface area contributed by atoms with Crippen LogP contribution >= 0.6 is 0 Å². The third-order valence-electron chi connectivity index (χ3n) is 12.2. The number of aromatic nitrogens is 1. The summed E-state index contributed by atoms with van der Waals surface area (Å²) >= 11 is 0. The van der Waals surface area contributed by atoms with E-state index in [1.165, 1.54) is 38.5 Å². The first-order valence-corrected chi connectivity index (χ1v) is 20.8. The lowest BCUT2D eigenvalue weighted by Gasteiger charge is -2.27. The Hall–Kier alpha value is -8.14. The van der Waals surface area contributed by atoms with Crippen LogP contribution in [-0.4, -0.2) is 4.57 Å². The second kappa shape index (κ2) is 14.3. The first-order chi connectivity index (χ1) is 30.2. The molecule has 10 aromatic carbocycles. The van der Waals surface area contributed by atoms with Gasteiger partial charge in [-0.3, -0.25) is 0 Å². The molecule has 3 heteroatoms. The third-order valence-corrected chi connectivity index (χ3v) is 12.2. The van der Waals surface area contributed by atoms with Gasteiger partial charge in [-0.15, -0.1) is 0 Å². The van der Waals surface area contributed by atoms with Gasteiger partial charge >= 0.3 is 0 Å². The zero-order chi connectivity index (χ0) is 40.3. The lowest BCUT2D eigenvalue weighted by atomic mass is 9.99. The molecule has 0 aliphatic rings. The molecule has 0 atom stereocenters. The molecule has 2 heterocycles. The number of hydrogen-bond donors (Lipinski definition) is 0. The van der Waals surface area contributed by atoms with Crippen LogP contribution in [0.15, 0.2) is 235 Å². The number of para-hydroxylation sites is 2. The summed E-state index contributed by atoms with van der Waals surface area (Å²) in [5.74, 6) is 0. The summed E-state index contributed by atoms with van der Waals surface area (Å²) in [4.78, 5) is 2.38. The summed E-state index contributed by atoms with van der Waals surface area (Å²) in [5.41, 5.74) is 15.5. The maximum absolute atomic E-state index is 6.71. The van der Waals surface area contributed by atoms with Gasteiger partial charge in [-0.25, -0.2) is 0 Å². The fourth-order valence-corrected chi connectivity index (χ4v) is 9.29. The summed E-state index contributed by atoms with van der Waals surface area (Å²) in [7, 11) is 0. The number of nitrogens with zero attached hydrogens (tertiary/aromatic N) is 2. The molecule has 12 aromatic rings. The van der Waals surface area contributed by atoms with Crippen molar-refractivity contribution in [1.29, 1.82) is 0 Å². The maximum atomic E-state index is 6.71. The fourth-order valence-electron chi connectivity index (χ4n) is 9.29. The molecule has 0 saturated carbocycles. The minimum atomic E-state index is 0.861. The van der Waals surface area contributed by atoms with Crippen LogP contribution < -0.4 is 4.90 Å². The minimum Gasteiger partial charge on any atom is -0.455 e. The van der Waals surface area contributed by atoms with Crippen LogP contribution in [-0.2, 0) is 0 Å². The molecular weight excluding hydrogens is 741 g/mol. The van der Waals surface area contributed by atoms with Crippen LogP contribution in [0.1, 0.15) is 0 Å². The van der Waals surface area contributed by atoms with Gasteiger partial charge in [0.2, 0.25) is 0 Å². The van der Waals surface area contributed by atoms with E-state index in [0.29, 0.717) is 0 Å². The molecule has 0 aliphatic heterocycles. The van der Waals surface area contributed by atoms with Crippen molar-refractivity contribution in [1.82, 2.24) is 4.57 Å². The SMILES string of the molecule is c1ccc(-c2ccc(-c3cccc(N(c4ccc(-c5cccc(-n6c7ccccc7c7ccccc76)c5)cc4)c4cccc5oc6c7ccccc7ccc6c45)c3)cc2)cc1. The molecule has 0 unspecified atom stereocenters. The molecule has 0 fully saturated rings. The van der Waals surface area contributed by atoms with Crippen LogP contribution in [0.4, 0.5) is 17.1 Å². The largest absolute Gasteiger partial charge is 0.455 e. The van der Waals surface area contributed by atoms with E-state index in [4.69, 9.17) is 4.42 Å². The number of rotatable bonds is 7. The topological polar surface area (TPSA) is 21.3 Å². The molecule has 0 bridgehead atoms. The highest BCUT2D eigenvalue weighted by Gasteiger charge is 2.21. The quantitative estimate of drug-likeness (QED) is 0.161. The van der Waals surface area contributed by atoms with E-state index in [1.54, 1.807) is 0 Å². The number of furan rings is 1. The Kier molecular flexibility index (Phi) is 8.17. The lowest BCUT2D eigenvalue weighted by Crippen LogP contribution is -2.10. The normalized spacial score (nSPS) is 11.6. The number of anilines is 3. The summed E-state index contributed by atoms with van der Waals surface area (Å²) < 4.78 is 9.09. The van der Waals surface area contributed by atoms with Gasteiger partial charge in [-0.2, -0.15) is 0 Å². The zero-order valence-corrected chi connectivity index (χ0v) is 33.2. The van der Waals surface area contributed by atoms with Crippen molar-refractivity contribution in [2.75, 3.05) is 4.90 Å². The molecule has 0 aliphatic carbocycles. The Bertz CT molecular complexity index is 3520. The monoisotopic (exact) mass is 778 g/mol. The molecule has 61 heavy (non-hydrogen) atoms. The highest BCUT2D eigenvalue weighted by molar-refractivity contribution is 6.19. The summed E-state index contributed by atoms with van der Waals surface area (Å²) in [6, 6.07) is 82.8. The average molecular weight is 779 g/mol. The predicted octanol–water partition coefficient (Wildman–Crippen LogP) is 16.3. The van der Waals surface area contributed by atoms with Gasteiger partial charge in [0.15, 0.2) is 0 Å². The molecule has 286 valence electrons. The molecule has 0 amide bonds. The summed E-state index contributed by atoms with van der Waals surface area (Å²) in [5, 5.41) is 6.98. The van der Waals surface area contributed by atoms with Crippen molar-refractivity contribution in [2.45, 2.75) is 0 Å². The van der Waals surface area contributed by atoms with Crippen molar-refractivity contribution >= 4 is 71.6 Å². The smallest absolute Gasteiger partial charge is 0.143 e. The standard InChI is InChI=1S/C58H38N2O/c1-2-13-39(14-3-1)40-27-29-41(30-28-40)44-16-10-18-47(37-44)59(55-25-12-26-56-57(55)52-36-33-43-15-4-5-20-49(43)58(52)61-56)46-34-31-42(32-35-46)45-17-11-19-48(38-45)60-53-23-8-6-21-50(53)51-22-7-9-24-54(51)60/h1-38H. The average Bonchev–Trinajstić information content (AvgIpc) is 3.89. The van der Waals surface area contributed by atoms with E-state index >= 15 is 0 Å². The van der Waals surface area contributed by atoms with Crippen molar-refractivity contribution in [3.8, 4) is 39.1 Å². The Labute approximate surface area is 353 Å². The Morgan fingerprint density at radius 2 is 0.902 bits per heavy atom. The number of hydrogen-bond acceptors (Lipinski definition) is 2.